The number of nitrogens with zero attached hydrogens (tertiary/aromatic N) is 1. The van der Waals surface area contributed by atoms with Crippen molar-refractivity contribution in [3.8, 4) is 0 Å². The smallest absolute Gasteiger partial charge is 0.228 e. The van der Waals surface area contributed by atoms with Gasteiger partial charge in [0.1, 0.15) is 0 Å². The molecule has 1 saturated heterocycles. The van der Waals surface area contributed by atoms with Gasteiger partial charge in [-0.3, -0.25) is 9.59 Å². The van der Waals surface area contributed by atoms with Gasteiger partial charge in [-0.15, -0.1) is 0 Å². The van der Waals surface area contributed by atoms with Crippen LogP contribution in [0.25, 0.3) is 0 Å². The molecule has 1 aromatic carbocycles. The molecule has 2 atom stereocenters. The Labute approximate surface area is 131 Å². The number of hydrogen-bond acceptors (Lipinski definition) is 2. The molecule has 2 unspecified atom stereocenters. The van der Waals surface area contributed by atoms with Crippen molar-refractivity contribution in [3.63, 3.8) is 0 Å². The average molecular weight is 326 g/mol. The number of likely N-dealkylation sites (tertiary alicyclic amines) is 1. The molecule has 1 aliphatic carbocycles. The van der Waals surface area contributed by atoms with Crippen molar-refractivity contribution in [1.82, 2.24) is 4.90 Å². The number of rotatable bonds is 3. The first-order chi connectivity index (χ1) is 11.0. The first-order valence-corrected chi connectivity index (χ1v) is 7.72. The second-order valence-corrected chi connectivity index (χ2v) is 6.05. The molecule has 4 nitrogen and oxygen atoms in total. The summed E-state index contributed by atoms with van der Waals surface area (Å²) >= 11 is 0. The van der Waals surface area contributed by atoms with Crippen LogP contribution in [0, 0.1) is 29.3 Å². The Bertz CT molecular complexity index is 644. The van der Waals surface area contributed by atoms with Crippen LogP contribution in [0.2, 0.25) is 0 Å². The van der Waals surface area contributed by atoms with E-state index < -0.39 is 35.0 Å². The SMILES string of the molecule is O=C(Nc1ccc(F)c(F)c1F)C1CC1C(=O)N1CCCCC1. The molecule has 2 fully saturated rings. The van der Waals surface area contributed by atoms with Crippen molar-refractivity contribution in [2.75, 3.05) is 18.4 Å². The van der Waals surface area contributed by atoms with Gasteiger partial charge >= 0.3 is 0 Å². The van der Waals surface area contributed by atoms with Crippen molar-refractivity contribution in [2.24, 2.45) is 11.8 Å². The van der Waals surface area contributed by atoms with Crippen LogP contribution in [0.5, 0.6) is 0 Å². The maximum absolute atomic E-state index is 13.5. The molecule has 7 heteroatoms. The summed E-state index contributed by atoms with van der Waals surface area (Å²) in [5.74, 6) is -5.87. The summed E-state index contributed by atoms with van der Waals surface area (Å²) in [4.78, 5) is 26.1. The molecule has 2 amide bonds. The lowest BCUT2D eigenvalue weighted by Gasteiger charge is -2.26. The third-order valence-electron chi connectivity index (χ3n) is 4.41. The predicted molar refractivity (Wildman–Crippen MR) is 77.0 cm³/mol. The van der Waals surface area contributed by atoms with Crippen molar-refractivity contribution >= 4 is 17.5 Å². The number of piperidine rings is 1. The number of carbonyl (C=O) groups is 2. The van der Waals surface area contributed by atoms with Gasteiger partial charge in [0.2, 0.25) is 11.8 Å². The van der Waals surface area contributed by atoms with Gasteiger partial charge in [0, 0.05) is 13.1 Å². The molecule has 23 heavy (non-hydrogen) atoms. The highest BCUT2D eigenvalue weighted by Crippen LogP contribution is 2.41. The zero-order valence-electron chi connectivity index (χ0n) is 12.4. The Kier molecular flexibility index (Phi) is 4.28. The summed E-state index contributed by atoms with van der Waals surface area (Å²) < 4.78 is 39.6. The third kappa shape index (κ3) is 3.18. The lowest BCUT2D eigenvalue weighted by atomic mass is 10.1. The van der Waals surface area contributed by atoms with Crippen LogP contribution >= 0.6 is 0 Å². The quantitative estimate of drug-likeness (QED) is 0.868. The molecular formula is C16H17F3N2O2. The second kappa shape index (κ2) is 6.22. The number of hydrogen-bond donors (Lipinski definition) is 1. The van der Waals surface area contributed by atoms with E-state index in [1.54, 1.807) is 4.90 Å². The molecule has 124 valence electrons. The summed E-state index contributed by atoms with van der Waals surface area (Å²) in [7, 11) is 0. The fraction of sp³-hybridized carbons (Fsp3) is 0.500. The van der Waals surface area contributed by atoms with Crippen LogP contribution < -0.4 is 5.32 Å². The predicted octanol–water partition coefficient (Wildman–Crippen LogP) is 2.69. The zero-order valence-corrected chi connectivity index (χ0v) is 12.4. The summed E-state index contributed by atoms with van der Waals surface area (Å²) in [6, 6.07) is 1.72. The number of amides is 2. The minimum absolute atomic E-state index is 0.0457. The van der Waals surface area contributed by atoms with E-state index in [1.165, 1.54) is 0 Å². The fourth-order valence-electron chi connectivity index (χ4n) is 2.95. The minimum Gasteiger partial charge on any atom is -0.342 e. The summed E-state index contributed by atoms with van der Waals surface area (Å²) in [5, 5.41) is 2.24. The Morgan fingerprint density at radius 2 is 1.70 bits per heavy atom. The van der Waals surface area contributed by atoms with Crippen molar-refractivity contribution in [1.29, 1.82) is 0 Å². The van der Waals surface area contributed by atoms with Gasteiger partial charge in [-0.2, -0.15) is 0 Å². The van der Waals surface area contributed by atoms with Crippen LogP contribution in [0.4, 0.5) is 18.9 Å². The molecule has 1 saturated carbocycles. The number of benzene rings is 1. The molecule has 1 N–H and O–H groups in total. The lowest BCUT2D eigenvalue weighted by molar-refractivity contribution is -0.134. The van der Waals surface area contributed by atoms with Crippen molar-refractivity contribution in [3.05, 3.63) is 29.6 Å². The molecule has 2 aliphatic rings. The fourth-order valence-corrected chi connectivity index (χ4v) is 2.95. The molecule has 1 aliphatic heterocycles. The van der Waals surface area contributed by atoms with E-state index in [0.717, 1.165) is 31.4 Å². The zero-order chi connectivity index (χ0) is 16.6. The van der Waals surface area contributed by atoms with Gasteiger partial charge in [0.15, 0.2) is 17.5 Å². The Morgan fingerprint density at radius 1 is 1.00 bits per heavy atom. The van der Waals surface area contributed by atoms with Crippen LogP contribution in [-0.2, 0) is 9.59 Å². The highest BCUT2D eigenvalue weighted by molar-refractivity contribution is 5.99. The monoisotopic (exact) mass is 326 g/mol. The molecule has 0 radical (unpaired) electrons. The molecular weight excluding hydrogens is 309 g/mol. The molecule has 0 aromatic heterocycles. The Balaban J connectivity index is 1.60. The van der Waals surface area contributed by atoms with Gasteiger partial charge in [0.05, 0.1) is 17.5 Å². The maximum Gasteiger partial charge on any atom is 0.228 e. The van der Waals surface area contributed by atoms with Crippen LogP contribution in [0.1, 0.15) is 25.7 Å². The van der Waals surface area contributed by atoms with Gasteiger partial charge in [-0.25, -0.2) is 13.2 Å². The topological polar surface area (TPSA) is 49.4 Å². The van der Waals surface area contributed by atoms with Crippen molar-refractivity contribution in [2.45, 2.75) is 25.7 Å². The van der Waals surface area contributed by atoms with Gasteiger partial charge in [-0.1, -0.05) is 0 Å². The highest BCUT2D eigenvalue weighted by atomic mass is 19.2. The molecule has 3 rings (SSSR count). The molecule has 1 heterocycles. The maximum atomic E-state index is 13.5. The molecule has 0 bridgehead atoms. The van der Waals surface area contributed by atoms with Gasteiger partial charge in [-0.05, 0) is 37.8 Å². The summed E-state index contributed by atoms with van der Waals surface area (Å²) in [5.41, 5.74) is -0.412. The average Bonchev–Trinajstić information content (AvgIpc) is 3.36. The van der Waals surface area contributed by atoms with Crippen molar-refractivity contribution < 1.29 is 22.8 Å². The summed E-state index contributed by atoms with van der Waals surface area (Å²) in [6.45, 7) is 1.42. The van der Waals surface area contributed by atoms with Gasteiger partial charge in [0.25, 0.3) is 0 Å². The van der Waals surface area contributed by atoms with E-state index in [0.29, 0.717) is 19.5 Å². The van der Waals surface area contributed by atoms with E-state index in [9.17, 15) is 22.8 Å². The van der Waals surface area contributed by atoms with Crippen LogP contribution in [0.15, 0.2) is 12.1 Å². The number of anilines is 1. The Hall–Kier alpha value is -2.05. The van der Waals surface area contributed by atoms with E-state index >= 15 is 0 Å². The first-order valence-electron chi connectivity index (χ1n) is 7.72. The van der Waals surface area contributed by atoms with E-state index in [2.05, 4.69) is 5.32 Å². The number of carbonyl (C=O) groups excluding carboxylic acids is 2. The van der Waals surface area contributed by atoms with Crippen LogP contribution in [-0.4, -0.2) is 29.8 Å². The minimum atomic E-state index is -1.63. The second-order valence-electron chi connectivity index (χ2n) is 6.05. The lowest BCUT2D eigenvalue weighted by Crippen LogP contribution is -2.37. The van der Waals surface area contributed by atoms with E-state index in [-0.39, 0.29) is 11.8 Å². The third-order valence-corrected chi connectivity index (χ3v) is 4.41. The Morgan fingerprint density at radius 3 is 2.39 bits per heavy atom. The van der Waals surface area contributed by atoms with Gasteiger partial charge < -0.3 is 10.2 Å². The standard InChI is InChI=1S/C16H17F3N2O2/c17-11-4-5-12(14(19)13(11)18)20-15(22)9-8-10(9)16(23)21-6-2-1-3-7-21/h4-5,9-10H,1-3,6-8H2,(H,20,22). The summed E-state index contributed by atoms with van der Waals surface area (Å²) in [6.07, 6.45) is 3.45. The molecule has 1 aromatic rings. The molecule has 0 spiro atoms. The normalized spacial score (nSPS) is 23.5. The van der Waals surface area contributed by atoms with Crippen LogP contribution in [0.3, 0.4) is 0 Å². The van der Waals surface area contributed by atoms with E-state index in [4.69, 9.17) is 0 Å². The number of halogens is 3. The number of nitrogens with one attached hydrogen (secondary N) is 1. The first kappa shape index (κ1) is 15.8. The largest absolute Gasteiger partial charge is 0.342 e. The van der Waals surface area contributed by atoms with E-state index in [1.807, 2.05) is 0 Å². The highest BCUT2D eigenvalue weighted by Gasteiger charge is 2.49.